The van der Waals surface area contributed by atoms with E-state index in [4.69, 9.17) is 9.47 Å². The van der Waals surface area contributed by atoms with Crippen molar-refractivity contribution in [2.75, 3.05) is 17.3 Å². The lowest BCUT2D eigenvalue weighted by Crippen LogP contribution is -2.50. The van der Waals surface area contributed by atoms with Crippen LogP contribution in [0.25, 0.3) is 0 Å². The molecular weight excluding hydrogens is 552 g/mol. The van der Waals surface area contributed by atoms with Crippen LogP contribution in [0.15, 0.2) is 18.2 Å². The lowest BCUT2D eigenvalue weighted by Gasteiger charge is -2.52. The quantitative estimate of drug-likeness (QED) is 0.176. The molecule has 1 aromatic carbocycles. The van der Waals surface area contributed by atoms with Crippen molar-refractivity contribution in [2.24, 2.45) is 17.3 Å². The molecule has 2 saturated carbocycles. The van der Waals surface area contributed by atoms with E-state index in [0.29, 0.717) is 36.3 Å². The van der Waals surface area contributed by atoms with Gasteiger partial charge in [0.15, 0.2) is 0 Å². The molecule has 7 heteroatoms. The molecule has 0 saturated heterocycles. The molecule has 5 atom stereocenters. The summed E-state index contributed by atoms with van der Waals surface area (Å²) in [5.74, 6) is 7.74. The topological polar surface area (TPSA) is 72.8 Å². The van der Waals surface area contributed by atoms with Crippen molar-refractivity contribution in [3.05, 3.63) is 29.3 Å². The molecule has 0 radical (unpaired) electrons. The molecule has 0 spiro atoms. The number of hydrogen-bond acceptors (Lipinski definition) is 5. The van der Waals surface area contributed by atoms with Gasteiger partial charge in [0.2, 0.25) is 0 Å². The highest BCUT2D eigenvalue weighted by atomic mass is 79.9. The van der Waals surface area contributed by atoms with Crippen molar-refractivity contribution in [3.8, 4) is 17.6 Å². The normalized spacial score (nSPS) is 31.9. The Morgan fingerprint density at radius 3 is 2.70 bits per heavy atom. The molecule has 178 valence electrons. The summed E-state index contributed by atoms with van der Waals surface area (Å²) in [4.78, 5) is 22.9. The van der Waals surface area contributed by atoms with E-state index in [1.807, 2.05) is 12.1 Å². The minimum Gasteiger partial charge on any atom is -0.464 e. The van der Waals surface area contributed by atoms with Gasteiger partial charge in [0.05, 0.1) is 0 Å². The largest absolute Gasteiger partial charge is 0.464 e. The summed E-state index contributed by atoms with van der Waals surface area (Å²) in [5.41, 5.74) is 1.44. The van der Waals surface area contributed by atoms with E-state index in [0.717, 1.165) is 32.1 Å². The monoisotopic (exact) mass is 580 g/mol. The second kappa shape index (κ2) is 10.1. The van der Waals surface area contributed by atoms with Crippen molar-refractivity contribution in [1.29, 1.82) is 0 Å². The van der Waals surface area contributed by atoms with E-state index in [1.54, 1.807) is 0 Å². The molecule has 0 unspecified atom stereocenters. The number of benzene rings is 1. The van der Waals surface area contributed by atoms with Crippen LogP contribution in [-0.4, -0.2) is 39.9 Å². The van der Waals surface area contributed by atoms with E-state index in [1.165, 1.54) is 11.1 Å². The Hall–Kier alpha value is -1.36. The zero-order valence-electron chi connectivity index (χ0n) is 18.9. The summed E-state index contributed by atoms with van der Waals surface area (Å²) >= 11 is 6.21. The molecule has 3 aliphatic rings. The summed E-state index contributed by atoms with van der Waals surface area (Å²) in [6.45, 7) is 2.47. The standard InChI is InChI=1S/C26H30Br2O5/c1-25-11-8-20-19-7-5-18(33-24(30)16-28)14-17(19)4-6-21(20)22(25)9-12-26(25,31)10-2-3-13-32-23(29)15-27/h5,7,14,20-22,31H,3-4,6,8-9,11-13,15-16H2,1H3/t20-,21-,22+,25+,26+/m1/s1. The fraction of sp³-hybridized carbons (Fsp3) is 0.615. The van der Waals surface area contributed by atoms with Gasteiger partial charge in [0.1, 0.15) is 28.6 Å². The van der Waals surface area contributed by atoms with Gasteiger partial charge in [0, 0.05) is 11.8 Å². The summed E-state index contributed by atoms with van der Waals surface area (Å²) in [6, 6.07) is 6.08. The SMILES string of the molecule is C[C@]12CC[C@@H]3c4ccc(OC(=O)CBr)cc4CC[C@H]3[C@@H]1CC[C@@]2(O)C#CCCOC(=O)CBr. The Balaban J connectivity index is 1.47. The predicted octanol–water partition coefficient (Wildman–Crippen LogP) is 4.91. The van der Waals surface area contributed by atoms with Gasteiger partial charge in [-0.05, 0) is 79.5 Å². The molecule has 0 heterocycles. The van der Waals surface area contributed by atoms with Crippen molar-refractivity contribution >= 4 is 43.8 Å². The summed E-state index contributed by atoms with van der Waals surface area (Å²) in [7, 11) is 0. The number of carbonyl (C=O) groups excluding carboxylic acids is 2. The van der Waals surface area contributed by atoms with Gasteiger partial charge in [-0.3, -0.25) is 9.59 Å². The second-order valence-electron chi connectivity index (χ2n) is 9.64. The number of rotatable bonds is 5. The first-order valence-electron chi connectivity index (χ1n) is 11.6. The Morgan fingerprint density at radius 1 is 1.15 bits per heavy atom. The Kier molecular flexibility index (Phi) is 7.57. The van der Waals surface area contributed by atoms with Crippen LogP contribution < -0.4 is 4.74 Å². The number of halogens is 2. The molecule has 1 N–H and O–H groups in total. The molecule has 0 aliphatic heterocycles. The van der Waals surface area contributed by atoms with Crippen molar-refractivity contribution < 1.29 is 24.2 Å². The van der Waals surface area contributed by atoms with Crippen LogP contribution >= 0.6 is 31.9 Å². The van der Waals surface area contributed by atoms with Gasteiger partial charge < -0.3 is 14.6 Å². The average molecular weight is 582 g/mol. The van der Waals surface area contributed by atoms with Crippen LogP contribution in [0, 0.1) is 29.1 Å². The highest BCUT2D eigenvalue weighted by molar-refractivity contribution is 9.09. The van der Waals surface area contributed by atoms with Gasteiger partial charge in [0.25, 0.3) is 0 Å². The number of ether oxygens (including phenoxy) is 2. The Labute approximate surface area is 212 Å². The number of alkyl halides is 2. The summed E-state index contributed by atoms with van der Waals surface area (Å²) in [5, 5.41) is 12.0. The lowest BCUT2D eigenvalue weighted by molar-refractivity contribution is -0.140. The first-order chi connectivity index (χ1) is 15.8. The van der Waals surface area contributed by atoms with Crippen LogP contribution in [0.1, 0.15) is 62.5 Å². The number of aliphatic hydroxyl groups is 1. The van der Waals surface area contributed by atoms with Gasteiger partial charge in [-0.15, -0.1) is 0 Å². The number of fused-ring (bicyclic) bond motifs is 5. The van der Waals surface area contributed by atoms with Crippen LogP contribution in [-0.2, 0) is 20.7 Å². The average Bonchev–Trinajstić information content (AvgIpc) is 3.09. The molecule has 2 fully saturated rings. The maximum Gasteiger partial charge on any atom is 0.321 e. The van der Waals surface area contributed by atoms with Gasteiger partial charge in [-0.1, -0.05) is 56.7 Å². The van der Waals surface area contributed by atoms with Crippen LogP contribution in [0.3, 0.4) is 0 Å². The maximum absolute atomic E-state index is 11.6. The first-order valence-corrected chi connectivity index (χ1v) is 13.9. The van der Waals surface area contributed by atoms with E-state index in [9.17, 15) is 14.7 Å². The molecule has 0 bridgehead atoms. The Bertz CT molecular complexity index is 983. The molecule has 4 rings (SSSR count). The number of aryl methyl sites for hydroxylation is 1. The van der Waals surface area contributed by atoms with E-state index in [2.05, 4.69) is 56.7 Å². The molecular formula is C26H30Br2O5. The first kappa shape index (κ1) is 24.8. The van der Waals surface area contributed by atoms with Crippen molar-refractivity contribution in [3.63, 3.8) is 0 Å². The molecule has 0 amide bonds. The highest BCUT2D eigenvalue weighted by Gasteiger charge is 2.61. The number of carbonyl (C=O) groups is 2. The second-order valence-corrected chi connectivity index (χ2v) is 10.8. The van der Waals surface area contributed by atoms with Crippen molar-refractivity contribution in [2.45, 2.75) is 63.4 Å². The van der Waals surface area contributed by atoms with Crippen LogP contribution in [0.4, 0.5) is 0 Å². The minimum atomic E-state index is -0.990. The fourth-order valence-electron chi connectivity index (χ4n) is 6.47. The fourth-order valence-corrected chi connectivity index (χ4v) is 6.74. The van der Waals surface area contributed by atoms with Crippen LogP contribution in [0.5, 0.6) is 5.75 Å². The molecule has 5 nitrogen and oxygen atoms in total. The third-order valence-electron chi connectivity index (χ3n) is 8.08. The molecule has 0 aromatic heterocycles. The van der Waals surface area contributed by atoms with E-state index in [-0.39, 0.29) is 34.6 Å². The molecule has 1 aromatic rings. The third kappa shape index (κ3) is 4.76. The van der Waals surface area contributed by atoms with E-state index < -0.39 is 5.60 Å². The smallest absolute Gasteiger partial charge is 0.321 e. The van der Waals surface area contributed by atoms with Gasteiger partial charge >= 0.3 is 11.9 Å². The highest BCUT2D eigenvalue weighted by Crippen LogP contribution is 2.64. The van der Waals surface area contributed by atoms with E-state index >= 15 is 0 Å². The van der Waals surface area contributed by atoms with Crippen LogP contribution in [0.2, 0.25) is 0 Å². The maximum atomic E-state index is 11.6. The zero-order valence-corrected chi connectivity index (χ0v) is 22.0. The summed E-state index contributed by atoms with van der Waals surface area (Å²) < 4.78 is 10.4. The van der Waals surface area contributed by atoms with Crippen molar-refractivity contribution in [1.82, 2.24) is 0 Å². The molecule has 33 heavy (non-hydrogen) atoms. The predicted molar refractivity (Wildman–Crippen MR) is 133 cm³/mol. The Morgan fingerprint density at radius 2 is 1.94 bits per heavy atom. The number of esters is 2. The molecule has 3 aliphatic carbocycles. The lowest BCUT2D eigenvalue weighted by atomic mass is 9.53. The summed E-state index contributed by atoms with van der Waals surface area (Å²) in [6.07, 6.45) is 6.12. The zero-order chi connectivity index (χ0) is 23.6. The van der Waals surface area contributed by atoms with Gasteiger partial charge in [-0.25, -0.2) is 0 Å². The third-order valence-corrected chi connectivity index (χ3v) is 9.00. The minimum absolute atomic E-state index is 0.180. The van der Waals surface area contributed by atoms with Gasteiger partial charge in [-0.2, -0.15) is 0 Å². The number of hydrogen-bond donors (Lipinski definition) is 1.